The summed E-state index contributed by atoms with van der Waals surface area (Å²) in [6.45, 7) is 1.66. The number of carbonyl (C=O) groups excluding carboxylic acids is 1. The van der Waals surface area contributed by atoms with Crippen LogP contribution in [0.15, 0.2) is 30.6 Å². The van der Waals surface area contributed by atoms with Gasteiger partial charge in [-0.15, -0.1) is 0 Å². The van der Waals surface area contributed by atoms with Crippen LogP contribution in [0.3, 0.4) is 0 Å². The number of pyridine rings is 1. The van der Waals surface area contributed by atoms with Crippen molar-refractivity contribution in [3.63, 3.8) is 0 Å². The molecule has 0 bridgehead atoms. The number of hydrogen-bond acceptors (Lipinski definition) is 5. The zero-order chi connectivity index (χ0) is 17.4. The molecular formula is C17H21N7O. The van der Waals surface area contributed by atoms with Crippen LogP contribution in [-0.2, 0) is 14.1 Å². The summed E-state index contributed by atoms with van der Waals surface area (Å²) in [5.74, 6) is 0.768. The third kappa shape index (κ3) is 2.95. The number of carbonyl (C=O) groups is 1. The smallest absolute Gasteiger partial charge is 0.272 e. The van der Waals surface area contributed by atoms with Crippen LogP contribution in [0.5, 0.6) is 0 Å². The van der Waals surface area contributed by atoms with Crippen LogP contribution < -0.4 is 10.2 Å². The van der Waals surface area contributed by atoms with Gasteiger partial charge in [0.15, 0.2) is 5.65 Å². The molecule has 0 aliphatic carbocycles. The second kappa shape index (κ2) is 6.19. The summed E-state index contributed by atoms with van der Waals surface area (Å²) in [5.41, 5.74) is 2.21. The lowest BCUT2D eigenvalue weighted by atomic mass is 10.1. The molecule has 1 unspecified atom stereocenters. The summed E-state index contributed by atoms with van der Waals surface area (Å²) in [4.78, 5) is 23.7. The third-order valence-corrected chi connectivity index (χ3v) is 4.59. The lowest BCUT2D eigenvalue weighted by Gasteiger charge is -2.33. The zero-order valence-corrected chi connectivity index (χ0v) is 14.4. The highest BCUT2D eigenvalue weighted by atomic mass is 16.2. The van der Waals surface area contributed by atoms with Crippen LogP contribution >= 0.6 is 0 Å². The number of nitrogens with zero attached hydrogens (tertiary/aromatic N) is 6. The lowest BCUT2D eigenvalue weighted by Crippen LogP contribution is -2.48. The number of anilines is 1. The van der Waals surface area contributed by atoms with Crippen molar-refractivity contribution in [3.8, 4) is 0 Å². The van der Waals surface area contributed by atoms with Gasteiger partial charge in [0.1, 0.15) is 11.2 Å². The van der Waals surface area contributed by atoms with E-state index in [1.165, 1.54) is 0 Å². The molecule has 1 atom stereocenters. The maximum Gasteiger partial charge on any atom is 0.272 e. The molecule has 25 heavy (non-hydrogen) atoms. The molecule has 4 heterocycles. The summed E-state index contributed by atoms with van der Waals surface area (Å²) in [6.07, 6.45) is 5.51. The number of amides is 1. The molecule has 3 aromatic heterocycles. The number of aryl methyl sites for hydroxylation is 2. The summed E-state index contributed by atoms with van der Waals surface area (Å²) in [7, 11) is 3.78. The van der Waals surface area contributed by atoms with Gasteiger partial charge >= 0.3 is 0 Å². The van der Waals surface area contributed by atoms with Gasteiger partial charge in [-0.25, -0.2) is 9.97 Å². The molecule has 0 aromatic carbocycles. The molecule has 1 N–H and O–H groups in total. The molecule has 3 aromatic rings. The maximum atomic E-state index is 12.3. The molecule has 1 fully saturated rings. The second-order valence-corrected chi connectivity index (χ2v) is 6.45. The zero-order valence-electron chi connectivity index (χ0n) is 14.4. The number of rotatable bonds is 3. The Bertz CT molecular complexity index is 913. The van der Waals surface area contributed by atoms with E-state index < -0.39 is 0 Å². The van der Waals surface area contributed by atoms with Crippen molar-refractivity contribution in [1.29, 1.82) is 0 Å². The van der Waals surface area contributed by atoms with Crippen molar-refractivity contribution >= 4 is 23.0 Å². The topological polar surface area (TPSA) is 80.9 Å². The fourth-order valence-electron chi connectivity index (χ4n) is 3.37. The SMILES string of the molecule is Cn1ccc(C(=O)NC2CCCN(c3nc4cccnc4n3C)C2)n1. The number of imidazole rings is 1. The predicted octanol–water partition coefficient (Wildman–Crippen LogP) is 1.10. The first-order valence-electron chi connectivity index (χ1n) is 8.45. The molecule has 1 saturated heterocycles. The summed E-state index contributed by atoms with van der Waals surface area (Å²) >= 11 is 0. The Morgan fingerprint density at radius 1 is 1.32 bits per heavy atom. The largest absolute Gasteiger partial charge is 0.346 e. The van der Waals surface area contributed by atoms with Gasteiger partial charge in [-0.2, -0.15) is 5.10 Å². The van der Waals surface area contributed by atoms with Crippen LogP contribution in [0.1, 0.15) is 23.3 Å². The molecule has 8 heteroatoms. The average Bonchev–Trinajstić information content (AvgIpc) is 3.19. The summed E-state index contributed by atoms with van der Waals surface area (Å²) < 4.78 is 3.65. The monoisotopic (exact) mass is 339 g/mol. The number of fused-ring (bicyclic) bond motifs is 1. The van der Waals surface area contributed by atoms with Crippen LogP contribution in [0, 0.1) is 0 Å². The van der Waals surface area contributed by atoms with E-state index in [2.05, 4.69) is 20.3 Å². The first-order valence-corrected chi connectivity index (χ1v) is 8.45. The van der Waals surface area contributed by atoms with Gasteiger partial charge in [0.2, 0.25) is 5.95 Å². The standard InChI is InChI=1S/C17H21N7O/c1-22-10-7-14(21-22)16(25)19-12-5-4-9-24(11-12)17-20-13-6-3-8-18-15(13)23(17)2/h3,6-8,10,12H,4-5,9,11H2,1-2H3,(H,19,25). The van der Waals surface area contributed by atoms with Gasteiger partial charge in [0.25, 0.3) is 5.91 Å². The van der Waals surface area contributed by atoms with E-state index in [4.69, 9.17) is 4.98 Å². The molecule has 1 amide bonds. The first-order chi connectivity index (χ1) is 12.1. The molecule has 0 spiro atoms. The Labute approximate surface area is 145 Å². The van der Waals surface area contributed by atoms with Crippen LogP contribution in [0.25, 0.3) is 11.2 Å². The van der Waals surface area contributed by atoms with Gasteiger partial charge in [0, 0.05) is 45.6 Å². The van der Waals surface area contributed by atoms with Crippen molar-refractivity contribution in [2.75, 3.05) is 18.0 Å². The molecule has 130 valence electrons. The Balaban J connectivity index is 1.50. The Kier molecular flexibility index (Phi) is 3.87. The number of aromatic nitrogens is 5. The van der Waals surface area contributed by atoms with Gasteiger partial charge in [0.05, 0.1) is 0 Å². The Morgan fingerprint density at radius 2 is 2.20 bits per heavy atom. The van der Waals surface area contributed by atoms with Gasteiger partial charge in [-0.3, -0.25) is 14.0 Å². The minimum atomic E-state index is -0.126. The minimum Gasteiger partial charge on any atom is -0.346 e. The average molecular weight is 339 g/mol. The van der Waals surface area contributed by atoms with Crippen molar-refractivity contribution in [2.24, 2.45) is 14.1 Å². The second-order valence-electron chi connectivity index (χ2n) is 6.45. The highest BCUT2D eigenvalue weighted by molar-refractivity contribution is 5.92. The third-order valence-electron chi connectivity index (χ3n) is 4.59. The summed E-state index contributed by atoms with van der Waals surface area (Å²) in [6, 6.07) is 5.67. The molecule has 0 radical (unpaired) electrons. The quantitative estimate of drug-likeness (QED) is 0.773. The summed E-state index contributed by atoms with van der Waals surface area (Å²) in [5, 5.41) is 7.25. The molecule has 1 aliphatic heterocycles. The molecule has 4 rings (SSSR count). The van der Waals surface area contributed by atoms with E-state index in [0.717, 1.165) is 43.0 Å². The number of piperidine rings is 1. The predicted molar refractivity (Wildman–Crippen MR) is 94.4 cm³/mol. The van der Waals surface area contributed by atoms with Crippen LogP contribution in [-0.4, -0.2) is 49.4 Å². The van der Waals surface area contributed by atoms with Crippen molar-refractivity contribution < 1.29 is 4.79 Å². The van der Waals surface area contributed by atoms with Crippen LogP contribution in [0.4, 0.5) is 5.95 Å². The Morgan fingerprint density at radius 3 is 2.96 bits per heavy atom. The maximum absolute atomic E-state index is 12.3. The van der Waals surface area contributed by atoms with E-state index in [9.17, 15) is 4.79 Å². The van der Waals surface area contributed by atoms with Gasteiger partial charge in [-0.1, -0.05) is 0 Å². The van der Waals surface area contributed by atoms with Crippen molar-refractivity contribution in [3.05, 3.63) is 36.3 Å². The highest BCUT2D eigenvalue weighted by Crippen LogP contribution is 2.22. The van der Waals surface area contributed by atoms with Gasteiger partial charge in [-0.05, 0) is 31.0 Å². The number of hydrogen-bond donors (Lipinski definition) is 1. The molecule has 1 aliphatic rings. The molecule has 8 nitrogen and oxygen atoms in total. The molecule has 0 saturated carbocycles. The van der Waals surface area contributed by atoms with Crippen LogP contribution in [0.2, 0.25) is 0 Å². The van der Waals surface area contributed by atoms with E-state index in [1.54, 1.807) is 30.2 Å². The van der Waals surface area contributed by atoms with Crippen molar-refractivity contribution in [2.45, 2.75) is 18.9 Å². The van der Waals surface area contributed by atoms with E-state index in [1.807, 2.05) is 23.7 Å². The van der Waals surface area contributed by atoms with Gasteiger partial charge < -0.3 is 10.2 Å². The first kappa shape index (κ1) is 15.6. The molecular weight excluding hydrogens is 318 g/mol. The fourth-order valence-corrected chi connectivity index (χ4v) is 3.37. The fraction of sp³-hybridized carbons (Fsp3) is 0.412. The lowest BCUT2D eigenvalue weighted by molar-refractivity contribution is 0.0927. The Hall–Kier alpha value is -2.90. The number of nitrogens with one attached hydrogen (secondary N) is 1. The van der Waals surface area contributed by atoms with E-state index in [0.29, 0.717) is 5.69 Å². The van der Waals surface area contributed by atoms with Crippen molar-refractivity contribution in [1.82, 2.24) is 29.6 Å². The minimum absolute atomic E-state index is 0.0797. The highest BCUT2D eigenvalue weighted by Gasteiger charge is 2.25. The van der Waals surface area contributed by atoms with E-state index >= 15 is 0 Å². The normalized spacial score (nSPS) is 17.8. The van der Waals surface area contributed by atoms with E-state index in [-0.39, 0.29) is 11.9 Å².